The number of benzene rings is 1. The van der Waals surface area contributed by atoms with Crippen molar-refractivity contribution in [3.05, 3.63) is 36.0 Å². The van der Waals surface area contributed by atoms with Crippen molar-refractivity contribution in [2.75, 3.05) is 23.6 Å². The molecule has 0 aliphatic carbocycles. The van der Waals surface area contributed by atoms with Gasteiger partial charge in [0.05, 0.1) is 0 Å². The molecule has 128 valence electrons. The summed E-state index contributed by atoms with van der Waals surface area (Å²) < 4.78 is 0. The average Bonchev–Trinajstić information content (AvgIpc) is 2.59. The van der Waals surface area contributed by atoms with Crippen molar-refractivity contribution >= 4 is 41.1 Å². The van der Waals surface area contributed by atoms with Crippen molar-refractivity contribution in [3.8, 4) is 6.07 Å². The molecule has 1 atom stereocenters. The van der Waals surface area contributed by atoms with Crippen LogP contribution in [0.3, 0.4) is 0 Å². The highest BCUT2D eigenvalue weighted by atomic mass is 32.2. The number of carbonyl (C=O) groups excluding carboxylic acids is 1. The second-order valence-corrected chi connectivity index (χ2v) is 6.56. The third kappa shape index (κ3) is 6.56. The fourth-order valence-electron chi connectivity index (χ4n) is 1.75. The van der Waals surface area contributed by atoms with Crippen LogP contribution in [0.2, 0.25) is 0 Å². The maximum Gasteiger partial charge on any atom is 0.326 e. The molecule has 0 heterocycles. The number of anilines is 1. The van der Waals surface area contributed by atoms with Crippen molar-refractivity contribution in [1.29, 1.82) is 5.26 Å². The summed E-state index contributed by atoms with van der Waals surface area (Å²) >= 11 is 3.07. The van der Waals surface area contributed by atoms with Crippen LogP contribution in [0, 0.1) is 11.3 Å². The molecule has 8 heteroatoms. The molecule has 0 aliphatic rings. The second kappa shape index (κ2) is 10.6. The summed E-state index contributed by atoms with van der Waals surface area (Å²) in [5, 5.41) is 23.5. The van der Waals surface area contributed by atoms with Gasteiger partial charge in [-0.3, -0.25) is 4.79 Å². The van der Waals surface area contributed by atoms with E-state index in [4.69, 9.17) is 10.4 Å². The van der Waals surface area contributed by atoms with Gasteiger partial charge in [-0.25, -0.2) is 4.79 Å². The van der Waals surface area contributed by atoms with Gasteiger partial charge in [-0.1, -0.05) is 6.07 Å². The summed E-state index contributed by atoms with van der Waals surface area (Å²) in [5.74, 6) is -1.22. The number of hydrogen-bond donors (Lipinski definition) is 3. The highest BCUT2D eigenvalue weighted by Gasteiger charge is 2.21. The van der Waals surface area contributed by atoms with Crippen LogP contribution in [-0.2, 0) is 9.59 Å². The van der Waals surface area contributed by atoms with Gasteiger partial charge < -0.3 is 15.7 Å². The molecule has 0 radical (unpaired) electrons. The Morgan fingerprint density at radius 2 is 2.17 bits per heavy atom. The molecule has 0 saturated heterocycles. The fourth-order valence-corrected chi connectivity index (χ4v) is 2.68. The molecule has 0 spiro atoms. The summed E-state index contributed by atoms with van der Waals surface area (Å²) in [6.45, 7) is 0. The molecule has 0 saturated carbocycles. The highest BCUT2D eigenvalue weighted by molar-refractivity contribution is 7.98. The Labute approximate surface area is 149 Å². The first-order valence-corrected chi connectivity index (χ1v) is 9.67. The number of aliphatic carboxylic acids is 1. The van der Waals surface area contributed by atoms with Crippen LogP contribution >= 0.6 is 23.5 Å². The van der Waals surface area contributed by atoms with Crippen LogP contribution < -0.4 is 10.6 Å². The van der Waals surface area contributed by atoms with Crippen molar-refractivity contribution in [2.45, 2.75) is 17.4 Å². The maximum absolute atomic E-state index is 12.1. The Hall–Kier alpha value is -2.11. The zero-order valence-corrected chi connectivity index (χ0v) is 15.0. The summed E-state index contributed by atoms with van der Waals surface area (Å²) in [7, 11) is 0. The van der Waals surface area contributed by atoms with E-state index in [1.165, 1.54) is 18.0 Å². The molecular formula is C16H19N3O3S2. The third-order valence-corrected chi connectivity index (χ3v) is 4.40. The molecule has 1 amide bonds. The molecule has 6 nitrogen and oxygen atoms in total. The van der Waals surface area contributed by atoms with E-state index in [1.807, 2.05) is 36.8 Å². The smallest absolute Gasteiger partial charge is 0.326 e. The van der Waals surface area contributed by atoms with Crippen molar-refractivity contribution in [1.82, 2.24) is 5.32 Å². The molecule has 1 aromatic rings. The van der Waals surface area contributed by atoms with E-state index in [-0.39, 0.29) is 5.57 Å². The number of nitriles is 1. The van der Waals surface area contributed by atoms with Gasteiger partial charge >= 0.3 is 5.97 Å². The normalized spacial score (nSPS) is 12.1. The zero-order chi connectivity index (χ0) is 17.9. The first-order chi connectivity index (χ1) is 11.5. The quantitative estimate of drug-likeness (QED) is 0.351. The number of carboxylic acids is 1. The molecule has 24 heavy (non-hydrogen) atoms. The molecule has 3 N–H and O–H groups in total. The molecule has 1 aromatic carbocycles. The largest absolute Gasteiger partial charge is 0.480 e. The van der Waals surface area contributed by atoms with Gasteiger partial charge in [0.25, 0.3) is 5.91 Å². The molecule has 1 unspecified atom stereocenters. The third-order valence-electron chi connectivity index (χ3n) is 3.03. The number of carbonyl (C=O) groups is 2. The fraction of sp³-hybridized carbons (Fsp3) is 0.312. The molecule has 0 aromatic heterocycles. The van der Waals surface area contributed by atoms with Crippen molar-refractivity contribution in [3.63, 3.8) is 0 Å². The lowest BCUT2D eigenvalue weighted by Crippen LogP contribution is -2.41. The van der Waals surface area contributed by atoms with Gasteiger partial charge in [-0.15, -0.1) is 11.8 Å². The van der Waals surface area contributed by atoms with Crippen LogP contribution in [0.25, 0.3) is 0 Å². The van der Waals surface area contributed by atoms with Crippen LogP contribution in [0.1, 0.15) is 6.42 Å². The standard InChI is InChI=1S/C16H19N3O3S2/c1-23-7-6-14(16(21)22)19-15(20)11(9-17)10-18-12-4-3-5-13(8-12)24-2/h3-5,8,10,14,18H,6-7H2,1-2H3,(H,19,20)(H,21,22)/b11-10-. The maximum atomic E-state index is 12.1. The number of rotatable bonds is 9. The second-order valence-electron chi connectivity index (χ2n) is 4.69. The minimum Gasteiger partial charge on any atom is -0.480 e. The molecule has 0 bridgehead atoms. The van der Waals surface area contributed by atoms with E-state index in [2.05, 4.69) is 10.6 Å². The van der Waals surface area contributed by atoms with E-state index in [0.717, 1.165) is 10.6 Å². The van der Waals surface area contributed by atoms with Crippen molar-refractivity contribution < 1.29 is 14.7 Å². The Morgan fingerprint density at radius 1 is 1.42 bits per heavy atom. The molecule has 0 fully saturated rings. The van der Waals surface area contributed by atoms with Crippen LogP contribution in [0.4, 0.5) is 5.69 Å². The predicted octanol–water partition coefficient (Wildman–Crippen LogP) is 2.55. The lowest BCUT2D eigenvalue weighted by Gasteiger charge is -2.13. The van der Waals surface area contributed by atoms with Gasteiger partial charge in [0.1, 0.15) is 17.7 Å². The number of carboxylic acid groups (broad SMARTS) is 1. The van der Waals surface area contributed by atoms with Gasteiger partial charge in [-0.2, -0.15) is 17.0 Å². The lowest BCUT2D eigenvalue weighted by atomic mass is 10.2. The summed E-state index contributed by atoms with van der Waals surface area (Å²) in [6.07, 6.45) is 5.38. The first kappa shape index (κ1) is 19.9. The van der Waals surface area contributed by atoms with Gasteiger partial charge in [0.2, 0.25) is 0 Å². The lowest BCUT2D eigenvalue weighted by molar-refractivity contribution is -0.141. The Bertz CT molecular complexity index is 656. The minimum absolute atomic E-state index is 0.181. The van der Waals surface area contributed by atoms with E-state index in [9.17, 15) is 9.59 Å². The molecule has 1 rings (SSSR count). The predicted molar refractivity (Wildman–Crippen MR) is 98.1 cm³/mol. The van der Waals surface area contributed by atoms with Crippen LogP contribution in [0.5, 0.6) is 0 Å². The topological polar surface area (TPSA) is 102 Å². The number of hydrogen-bond acceptors (Lipinski definition) is 6. The summed E-state index contributed by atoms with van der Waals surface area (Å²) in [4.78, 5) is 24.3. The number of nitrogens with zero attached hydrogens (tertiary/aromatic N) is 1. The Balaban J connectivity index is 2.77. The van der Waals surface area contributed by atoms with Crippen molar-refractivity contribution in [2.24, 2.45) is 0 Å². The van der Waals surface area contributed by atoms with E-state index in [0.29, 0.717) is 12.2 Å². The molecule has 0 aliphatic heterocycles. The number of thioether (sulfide) groups is 2. The minimum atomic E-state index is -1.12. The monoisotopic (exact) mass is 365 g/mol. The Kier molecular flexibility index (Phi) is 8.83. The van der Waals surface area contributed by atoms with E-state index in [1.54, 1.807) is 17.8 Å². The zero-order valence-electron chi connectivity index (χ0n) is 13.4. The summed E-state index contributed by atoms with van der Waals surface area (Å²) in [5.41, 5.74) is 0.555. The SMILES string of the molecule is CSCCC(NC(=O)/C(C#N)=C\Nc1cccc(SC)c1)C(=O)O. The van der Waals surface area contributed by atoms with Crippen LogP contribution in [-0.4, -0.2) is 41.3 Å². The highest BCUT2D eigenvalue weighted by Crippen LogP contribution is 2.19. The van der Waals surface area contributed by atoms with E-state index >= 15 is 0 Å². The first-order valence-electron chi connectivity index (χ1n) is 7.05. The number of amides is 1. The molecular weight excluding hydrogens is 346 g/mol. The summed E-state index contributed by atoms with van der Waals surface area (Å²) in [6, 6.07) is 8.26. The van der Waals surface area contributed by atoms with Gasteiger partial charge in [-0.05, 0) is 42.9 Å². The number of nitrogens with one attached hydrogen (secondary N) is 2. The van der Waals surface area contributed by atoms with Gasteiger partial charge in [0, 0.05) is 16.8 Å². The Morgan fingerprint density at radius 3 is 2.75 bits per heavy atom. The average molecular weight is 365 g/mol. The van der Waals surface area contributed by atoms with Gasteiger partial charge in [0.15, 0.2) is 0 Å². The van der Waals surface area contributed by atoms with Crippen LogP contribution in [0.15, 0.2) is 40.9 Å². The van der Waals surface area contributed by atoms with E-state index < -0.39 is 17.9 Å².